The smallest absolute Gasteiger partial charge is 0.119 e. The molecule has 1 atom stereocenters. The Bertz CT molecular complexity index is 491. The van der Waals surface area contributed by atoms with E-state index >= 15 is 0 Å². The summed E-state index contributed by atoms with van der Waals surface area (Å²) in [6, 6.07) is 16.1. The summed E-state index contributed by atoms with van der Waals surface area (Å²) in [4.78, 5) is 0. The van der Waals surface area contributed by atoms with Crippen LogP contribution in [0.25, 0.3) is 0 Å². The normalized spacial score (nSPS) is 12.2. The van der Waals surface area contributed by atoms with Crippen LogP contribution >= 0.6 is 15.9 Å². The topological polar surface area (TPSA) is 35.2 Å². The molecule has 2 rings (SSSR count). The van der Waals surface area contributed by atoms with Gasteiger partial charge in [-0.2, -0.15) is 0 Å². The fourth-order valence-electron chi connectivity index (χ4n) is 1.61. The monoisotopic (exact) mass is 305 g/mol. The lowest BCUT2D eigenvalue weighted by atomic mass is 10.1. The van der Waals surface area contributed by atoms with Gasteiger partial charge in [-0.3, -0.25) is 0 Å². The highest BCUT2D eigenvalue weighted by Gasteiger charge is 2.00. The van der Waals surface area contributed by atoms with E-state index in [1.54, 1.807) is 0 Å². The van der Waals surface area contributed by atoms with Crippen LogP contribution in [-0.2, 0) is 6.61 Å². The van der Waals surface area contributed by atoms with Crippen LogP contribution in [0.15, 0.2) is 53.0 Å². The lowest BCUT2D eigenvalue weighted by molar-refractivity contribution is 0.306. The van der Waals surface area contributed by atoms with Crippen molar-refractivity contribution in [3.63, 3.8) is 0 Å². The SMILES string of the molecule is C[C@@H](N)c1ccc(OCc2ccc(Br)cc2)cc1. The third-order valence-corrected chi connectivity index (χ3v) is 3.25. The molecule has 2 nitrogen and oxygen atoms in total. The van der Waals surface area contributed by atoms with Gasteiger partial charge in [-0.05, 0) is 42.3 Å². The summed E-state index contributed by atoms with van der Waals surface area (Å²) < 4.78 is 6.79. The van der Waals surface area contributed by atoms with Crippen molar-refractivity contribution in [3.05, 3.63) is 64.1 Å². The maximum absolute atomic E-state index is 5.80. The van der Waals surface area contributed by atoms with Crippen LogP contribution < -0.4 is 10.5 Å². The molecule has 2 aromatic rings. The number of halogens is 1. The second kappa shape index (κ2) is 6.03. The standard InChI is InChI=1S/C15H16BrNO/c1-11(17)13-4-8-15(9-5-13)18-10-12-2-6-14(16)7-3-12/h2-9,11H,10,17H2,1H3/t11-/m1/s1. The Morgan fingerprint density at radius 2 is 1.67 bits per heavy atom. The molecule has 0 radical (unpaired) electrons. The van der Waals surface area contributed by atoms with Crippen molar-refractivity contribution in [2.45, 2.75) is 19.6 Å². The van der Waals surface area contributed by atoms with Gasteiger partial charge in [0.15, 0.2) is 0 Å². The molecule has 2 aromatic carbocycles. The Morgan fingerprint density at radius 1 is 1.06 bits per heavy atom. The van der Waals surface area contributed by atoms with Crippen molar-refractivity contribution in [1.29, 1.82) is 0 Å². The van der Waals surface area contributed by atoms with Gasteiger partial charge in [0.2, 0.25) is 0 Å². The van der Waals surface area contributed by atoms with Crippen molar-refractivity contribution in [2.75, 3.05) is 0 Å². The summed E-state index contributed by atoms with van der Waals surface area (Å²) in [6.07, 6.45) is 0. The molecule has 0 unspecified atom stereocenters. The maximum atomic E-state index is 5.80. The Hall–Kier alpha value is -1.32. The van der Waals surface area contributed by atoms with E-state index in [9.17, 15) is 0 Å². The van der Waals surface area contributed by atoms with Gasteiger partial charge in [-0.1, -0.05) is 40.2 Å². The summed E-state index contributed by atoms with van der Waals surface area (Å²) >= 11 is 3.41. The Morgan fingerprint density at radius 3 is 2.22 bits per heavy atom. The van der Waals surface area contributed by atoms with Crippen LogP contribution in [0.1, 0.15) is 24.1 Å². The van der Waals surface area contributed by atoms with E-state index in [2.05, 4.69) is 15.9 Å². The van der Waals surface area contributed by atoms with E-state index < -0.39 is 0 Å². The molecule has 0 aliphatic heterocycles. The first-order valence-electron chi connectivity index (χ1n) is 5.88. The van der Waals surface area contributed by atoms with Crippen molar-refractivity contribution in [3.8, 4) is 5.75 Å². The predicted molar refractivity (Wildman–Crippen MR) is 77.5 cm³/mol. The van der Waals surface area contributed by atoms with Crippen molar-refractivity contribution < 1.29 is 4.74 Å². The molecule has 0 aliphatic rings. The van der Waals surface area contributed by atoms with Crippen molar-refractivity contribution >= 4 is 15.9 Å². The van der Waals surface area contributed by atoms with Gasteiger partial charge in [0, 0.05) is 10.5 Å². The van der Waals surface area contributed by atoms with Crippen molar-refractivity contribution in [1.82, 2.24) is 0 Å². The number of rotatable bonds is 4. The molecule has 0 aliphatic carbocycles. The fraction of sp³-hybridized carbons (Fsp3) is 0.200. The lowest BCUT2D eigenvalue weighted by Gasteiger charge is -2.09. The molecule has 0 heterocycles. The molecule has 0 aromatic heterocycles. The highest BCUT2D eigenvalue weighted by molar-refractivity contribution is 9.10. The van der Waals surface area contributed by atoms with Gasteiger partial charge in [-0.15, -0.1) is 0 Å². The van der Waals surface area contributed by atoms with Gasteiger partial charge < -0.3 is 10.5 Å². The zero-order valence-corrected chi connectivity index (χ0v) is 11.9. The third kappa shape index (κ3) is 3.59. The fourth-order valence-corrected chi connectivity index (χ4v) is 1.88. The van der Waals surface area contributed by atoms with Crippen LogP contribution in [0.3, 0.4) is 0 Å². The summed E-state index contributed by atoms with van der Waals surface area (Å²) in [7, 11) is 0. The number of ether oxygens (including phenoxy) is 1. The van der Waals surface area contributed by atoms with Gasteiger partial charge in [0.25, 0.3) is 0 Å². The van der Waals surface area contributed by atoms with Gasteiger partial charge in [0.1, 0.15) is 12.4 Å². The number of hydrogen-bond donors (Lipinski definition) is 1. The van der Waals surface area contributed by atoms with Crippen LogP contribution in [0.5, 0.6) is 5.75 Å². The van der Waals surface area contributed by atoms with E-state index in [-0.39, 0.29) is 6.04 Å². The summed E-state index contributed by atoms with van der Waals surface area (Å²) in [5.74, 6) is 0.863. The first-order valence-corrected chi connectivity index (χ1v) is 6.67. The molecular weight excluding hydrogens is 290 g/mol. The predicted octanol–water partition coefficient (Wildman–Crippen LogP) is 4.05. The van der Waals surface area contributed by atoms with Gasteiger partial charge in [-0.25, -0.2) is 0 Å². The van der Waals surface area contributed by atoms with E-state index in [1.165, 1.54) is 0 Å². The second-order valence-corrected chi connectivity index (χ2v) is 5.19. The lowest BCUT2D eigenvalue weighted by Crippen LogP contribution is -2.04. The highest BCUT2D eigenvalue weighted by atomic mass is 79.9. The Balaban J connectivity index is 1.95. The third-order valence-electron chi connectivity index (χ3n) is 2.72. The molecule has 0 saturated carbocycles. The molecule has 2 N–H and O–H groups in total. The molecule has 94 valence electrons. The largest absolute Gasteiger partial charge is 0.489 e. The number of hydrogen-bond acceptors (Lipinski definition) is 2. The van der Waals surface area contributed by atoms with E-state index in [0.717, 1.165) is 21.3 Å². The first kappa shape index (κ1) is 13.1. The van der Waals surface area contributed by atoms with Crippen LogP contribution in [0, 0.1) is 0 Å². The molecule has 0 saturated heterocycles. The van der Waals surface area contributed by atoms with E-state index in [4.69, 9.17) is 10.5 Å². The molecule has 0 amide bonds. The summed E-state index contributed by atoms with van der Waals surface area (Å²) in [5.41, 5.74) is 8.06. The van der Waals surface area contributed by atoms with E-state index in [0.29, 0.717) is 6.61 Å². The number of benzene rings is 2. The Kier molecular flexibility index (Phi) is 4.39. The number of nitrogens with two attached hydrogens (primary N) is 1. The maximum Gasteiger partial charge on any atom is 0.119 e. The van der Waals surface area contributed by atoms with Crippen LogP contribution in [-0.4, -0.2) is 0 Å². The zero-order chi connectivity index (χ0) is 13.0. The molecule has 3 heteroatoms. The molecule has 0 spiro atoms. The summed E-state index contributed by atoms with van der Waals surface area (Å²) in [5, 5.41) is 0. The minimum atomic E-state index is 0.0607. The minimum absolute atomic E-state index is 0.0607. The molecule has 0 bridgehead atoms. The zero-order valence-electron chi connectivity index (χ0n) is 10.3. The average molecular weight is 306 g/mol. The van der Waals surface area contributed by atoms with Crippen LogP contribution in [0.2, 0.25) is 0 Å². The molecule has 18 heavy (non-hydrogen) atoms. The van der Waals surface area contributed by atoms with Crippen LogP contribution in [0.4, 0.5) is 0 Å². The van der Waals surface area contributed by atoms with Crippen molar-refractivity contribution in [2.24, 2.45) is 5.73 Å². The van der Waals surface area contributed by atoms with Gasteiger partial charge in [0.05, 0.1) is 0 Å². The minimum Gasteiger partial charge on any atom is -0.489 e. The quantitative estimate of drug-likeness (QED) is 0.925. The first-order chi connectivity index (χ1) is 8.65. The second-order valence-electron chi connectivity index (χ2n) is 4.27. The molecule has 0 fully saturated rings. The summed E-state index contributed by atoms with van der Waals surface area (Å²) in [6.45, 7) is 2.54. The highest BCUT2D eigenvalue weighted by Crippen LogP contribution is 2.18. The Labute approximate surface area is 116 Å². The van der Waals surface area contributed by atoms with Gasteiger partial charge >= 0.3 is 0 Å². The average Bonchev–Trinajstić information content (AvgIpc) is 2.38. The van der Waals surface area contributed by atoms with E-state index in [1.807, 2.05) is 55.5 Å². The molecular formula is C15H16BrNO.